The number of rotatable bonds is 3. The van der Waals surface area contributed by atoms with Gasteiger partial charge < -0.3 is 4.74 Å². The van der Waals surface area contributed by atoms with Crippen LogP contribution in [0.3, 0.4) is 0 Å². The van der Waals surface area contributed by atoms with Crippen LogP contribution in [0.5, 0.6) is 5.75 Å². The van der Waals surface area contributed by atoms with E-state index in [1.807, 2.05) is 61.2 Å². The number of anilines is 1. The van der Waals surface area contributed by atoms with Gasteiger partial charge in [-0.15, -0.1) is 0 Å². The zero-order chi connectivity index (χ0) is 19.1. The van der Waals surface area contributed by atoms with Gasteiger partial charge in [0, 0.05) is 11.2 Å². The molecule has 4 nitrogen and oxygen atoms in total. The van der Waals surface area contributed by atoms with Gasteiger partial charge in [-0.1, -0.05) is 30.3 Å². The molecule has 3 rings (SSSR count). The molecule has 2 aromatic rings. The molecule has 4 heteroatoms. The van der Waals surface area contributed by atoms with Crippen LogP contribution in [0.15, 0.2) is 54.6 Å². The molecular weight excluding hydrogens is 324 g/mol. The minimum atomic E-state index is -0.612. The number of carbonyl (C=O) groups excluding carboxylic acids is 1. The Hall–Kier alpha value is -2.33. The van der Waals surface area contributed by atoms with Crippen molar-refractivity contribution in [3.05, 3.63) is 60.2 Å². The molecule has 0 aliphatic carbocycles. The van der Waals surface area contributed by atoms with Crippen LogP contribution in [-0.4, -0.2) is 29.0 Å². The number of nitrogens with zero attached hydrogens (tertiary/aromatic N) is 2. The molecule has 0 spiro atoms. The predicted molar refractivity (Wildman–Crippen MR) is 105 cm³/mol. The highest BCUT2D eigenvalue weighted by molar-refractivity contribution is 6.02. The molecule has 1 heterocycles. The molecule has 0 N–H and O–H groups in total. The van der Waals surface area contributed by atoms with Gasteiger partial charge in [-0.3, -0.25) is 14.6 Å². The highest BCUT2D eigenvalue weighted by Crippen LogP contribution is 2.47. The first-order chi connectivity index (χ1) is 12.2. The molecule has 1 aliphatic rings. The zero-order valence-electron chi connectivity index (χ0n) is 16.5. The third-order valence-electron chi connectivity index (χ3n) is 5.00. The number of methoxy groups -OCH3 is 1. The normalized spacial score (nSPS) is 20.5. The minimum Gasteiger partial charge on any atom is -0.497 e. The van der Waals surface area contributed by atoms with Crippen molar-refractivity contribution in [1.29, 1.82) is 0 Å². The van der Waals surface area contributed by atoms with Crippen LogP contribution in [0.1, 0.15) is 46.3 Å². The van der Waals surface area contributed by atoms with E-state index in [-0.39, 0.29) is 17.6 Å². The summed E-state index contributed by atoms with van der Waals surface area (Å²) < 4.78 is 5.27. The van der Waals surface area contributed by atoms with E-state index in [2.05, 4.69) is 37.8 Å². The average molecular weight is 352 g/mol. The van der Waals surface area contributed by atoms with Crippen LogP contribution >= 0.6 is 0 Å². The number of hydrogen-bond donors (Lipinski definition) is 0. The van der Waals surface area contributed by atoms with E-state index in [9.17, 15) is 4.79 Å². The van der Waals surface area contributed by atoms with Gasteiger partial charge in [-0.2, -0.15) is 0 Å². The Labute approximate surface area is 156 Å². The summed E-state index contributed by atoms with van der Waals surface area (Å²) in [7, 11) is 1.65. The van der Waals surface area contributed by atoms with E-state index in [4.69, 9.17) is 4.74 Å². The van der Waals surface area contributed by atoms with Crippen LogP contribution < -0.4 is 9.64 Å². The molecular formula is C22H28N2O2. The summed E-state index contributed by atoms with van der Waals surface area (Å²) in [5.41, 5.74) is 1.20. The number of ether oxygens (including phenoxy) is 1. The van der Waals surface area contributed by atoms with Crippen molar-refractivity contribution in [2.75, 3.05) is 12.0 Å². The Bertz CT molecular complexity index is 776. The second-order valence-electron chi connectivity index (χ2n) is 8.26. The van der Waals surface area contributed by atoms with Gasteiger partial charge in [0.25, 0.3) is 0 Å². The third-order valence-corrected chi connectivity index (χ3v) is 5.00. The molecule has 26 heavy (non-hydrogen) atoms. The first-order valence-corrected chi connectivity index (χ1v) is 9.00. The first-order valence-electron chi connectivity index (χ1n) is 9.00. The number of hydrogen-bond acceptors (Lipinski definition) is 3. The quantitative estimate of drug-likeness (QED) is 0.808. The molecule has 1 amide bonds. The van der Waals surface area contributed by atoms with Crippen molar-refractivity contribution in [3.63, 3.8) is 0 Å². The maximum Gasteiger partial charge on any atom is 0.248 e. The van der Waals surface area contributed by atoms with Crippen molar-refractivity contribution in [1.82, 2.24) is 4.90 Å². The maximum absolute atomic E-state index is 13.5. The molecule has 2 aromatic carbocycles. The van der Waals surface area contributed by atoms with Crippen molar-refractivity contribution in [3.8, 4) is 5.75 Å². The molecule has 1 aliphatic heterocycles. The van der Waals surface area contributed by atoms with E-state index >= 15 is 0 Å². The first kappa shape index (κ1) is 18.5. The van der Waals surface area contributed by atoms with Crippen LogP contribution in [-0.2, 0) is 4.79 Å². The van der Waals surface area contributed by atoms with Crippen LogP contribution in [0.25, 0.3) is 0 Å². The highest BCUT2D eigenvalue weighted by Gasteiger charge is 2.56. The van der Waals surface area contributed by atoms with E-state index in [1.54, 1.807) is 7.11 Å². The lowest BCUT2D eigenvalue weighted by Crippen LogP contribution is -2.53. The van der Waals surface area contributed by atoms with Crippen molar-refractivity contribution >= 4 is 11.6 Å². The number of benzene rings is 2. The minimum absolute atomic E-state index is 0.103. The molecule has 1 unspecified atom stereocenters. The van der Waals surface area contributed by atoms with Crippen molar-refractivity contribution in [2.45, 2.75) is 51.9 Å². The van der Waals surface area contributed by atoms with E-state index in [0.29, 0.717) is 0 Å². The molecule has 1 atom stereocenters. The molecule has 1 saturated heterocycles. The van der Waals surface area contributed by atoms with Gasteiger partial charge in [-0.25, -0.2) is 0 Å². The second kappa shape index (κ2) is 6.44. The predicted octanol–water partition coefficient (Wildman–Crippen LogP) is 4.62. The largest absolute Gasteiger partial charge is 0.497 e. The fraction of sp³-hybridized carbons (Fsp3) is 0.409. The summed E-state index contributed by atoms with van der Waals surface area (Å²) in [5.74, 6) is 0.884. The molecule has 1 fully saturated rings. The molecule has 0 aromatic heterocycles. The lowest BCUT2D eigenvalue weighted by atomic mass is 9.94. The van der Waals surface area contributed by atoms with Gasteiger partial charge in [0.1, 0.15) is 11.9 Å². The Kier molecular flexibility index (Phi) is 4.57. The maximum atomic E-state index is 13.5. The smallest absolute Gasteiger partial charge is 0.248 e. The van der Waals surface area contributed by atoms with Crippen molar-refractivity contribution in [2.24, 2.45) is 0 Å². The van der Waals surface area contributed by atoms with Crippen molar-refractivity contribution < 1.29 is 9.53 Å². The average Bonchev–Trinajstić information content (AvgIpc) is 2.82. The van der Waals surface area contributed by atoms with Gasteiger partial charge in [0.05, 0.1) is 12.6 Å². The highest BCUT2D eigenvalue weighted by atomic mass is 16.5. The summed E-state index contributed by atoms with van der Waals surface area (Å²) in [5, 5.41) is 0. The Balaban J connectivity index is 2.18. The summed E-state index contributed by atoms with van der Waals surface area (Å²) in [6.07, 6.45) is -0.160. The molecule has 138 valence electrons. The molecule has 0 radical (unpaired) electrons. The lowest BCUT2D eigenvalue weighted by molar-refractivity contribution is -0.125. The van der Waals surface area contributed by atoms with Gasteiger partial charge in [0.15, 0.2) is 0 Å². The van der Waals surface area contributed by atoms with E-state index in [1.165, 1.54) is 0 Å². The number of amides is 1. The molecule has 0 saturated carbocycles. The topological polar surface area (TPSA) is 32.8 Å². The second-order valence-corrected chi connectivity index (χ2v) is 8.26. The summed E-state index contributed by atoms with van der Waals surface area (Å²) in [6.45, 7) is 10.5. The van der Waals surface area contributed by atoms with E-state index in [0.717, 1.165) is 17.0 Å². The van der Waals surface area contributed by atoms with Crippen LogP contribution in [0.4, 0.5) is 5.69 Å². The third kappa shape index (κ3) is 2.99. The Morgan fingerprint density at radius 2 is 1.54 bits per heavy atom. The SMILES string of the molecule is COc1ccc(N2C(=O)C(C)(C)N(C(C)(C)C)C2c2ccccc2)cc1. The summed E-state index contributed by atoms with van der Waals surface area (Å²) in [4.78, 5) is 17.7. The van der Waals surface area contributed by atoms with E-state index < -0.39 is 5.54 Å². The van der Waals surface area contributed by atoms with Gasteiger partial charge in [0.2, 0.25) is 5.91 Å². The standard InChI is InChI=1S/C22H28N2O2/c1-21(2,3)24-19(16-10-8-7-9-11-16)23(20(25)22(24,4)5)17-12-14-18(26-6)15-13-17/h7-15,19H,1-6H3. The summed E-state index contributed by atoms with van der Waals surface area (Å²) in [6, 6.07) is 17.9. The van der Waals surface area contributed by atoms with Crippen LogP contribution in [0.2, 0.25) is 0 Å². The summed E-state index contributed by atoms with van der Waals surface area (Å²) >= 11 is 0. The molecule has 0 bridgehead atoms. The zero-order valence-corrected chi connectivity index (χ0v) is 16.5. The van der Waals surface area contributed by atoms with Gasteiger partial charge in [-0.05, 0) is 64.4 Å². The fourth-order valence-electron chi connectivity index (χ4n) is 4.06. The van der Waals surface area contributed by atoms with Crippen LogP contribution in [0, 0.1) is 0 Å². The lowest BCUT2D eigenvalue weighted by Gasteiger charge is -2.43. The Morgan fingerprint density at radius 1 is 0.962 bits per heavy atom. The number of carbonyl (C=O) groups is 1. The fourth-order valence-corrected chi connectivity index (χ4v) is 4.06. The van der Waals surface area contributed by atoms with Gasteiger partial charge >= 0.3 is 0 Å². The monoisotopic (exact) mass is 352 g/mol. The Morgan fingerprint density at radius 3 is 2.04 bits per heavy atom.